The van der Waals surface area contributed by atoms with Crippen LogP contribution in [0.4, 0.5) is 14.5 Å². The summed E-state index contributed by atoms with van der Waals surface area (Å²) in [6, 6.07) is 18.0. The zero-order chi connectivity index (χ0) is 30.8. The van der Waals surface area contributed by atoms with Gasteiger partial charge in [0.15, 0.2) is 0 Å². The number of aromatic nitrogens is 1. The summed E-state index contributed by atoms with van der Waals surface area (Å²) in [6.07, 6.45) is 2.09. The topological polar surface area (TPSA) is 54.6 Å². The first-order valence-corrected chi connectivity index (χ1v) is 15.7. The number of pyridine rings is 1. The normalized spacial score (nSPS) is 17.2. The number of nitrogens with one attached hydrogen (secondary N) is 1. The van der Waals surface area contributed by atoms with Crippen molar-refractivity contribution in [1.29, 1.82) is 0 Å². The summed E-state index contributed by atoms with van der Waals surface area (Å²) in [6.45, 7) is 12.2. The Morgan fingerprint density at radius 3 is 2.27 bits per heavy atom. The Bertz CT molecular complexity index is 1690. The van der Waals surface area contributed by atoms with Gasteiger partial charge in [-0.05, 0) is 62.4 Å². The van der Waals surface area contributed by atoms with E-state index in [0.717, 1.165) is 49.8 Å². The predicted octanol–water partition coefficient (Wildman–Crippen LogP) is 6.64. The molecular formula is C36H42F2N3O3+. The molecule has 1 aromatic heterocycles. The standard InChI is InChI=1S/C36H41F2N3O3/c1-4-40(30-11-15-43-16-12-30)34-19-28(8-5-24(34)2)27-9-6-26(7-10-27)22-41(13-17-44-18-14-41)23-32-31-20-29(37)21-33(38)35(31)25(3)39-36(32)42/h5-10,19-21,30H,4,11-18,22-23H2,1-3H3/p+1. The molecule has 2 aliphatic heterocycles. The first-order chi connectivity index (χ1) is 21.3. The van der Waals surface area contributed by atoms with Crippen LogP contribution in [-0.2, 0) is 22.6 Å². The van der Waals surface area contributed by atoms with Crippen molar-refractivity contribution < 1.29 is 22.7 Å². The molecule has 0 aliphatic carbocycles. The molecule has 0 bridgehead atoms. The van der Waals surface area contributed by atoms with Crippen LogP contribution < -0.4 is 10.5 Å². The second-order valence-corrected chi connectivity index (χ2v) is 12.4. The van der Waals surface area contributed by atoms with Gasteiger partial charge in [0.25, 0.3) is 5.56 Å². The van der Waals surface area contributed by atoms with E-state index in [-0.39, 0.29) is 10.9 Å². The maximum atomic E-state index is 14.8. The average Bonchev–Trinajstić information content (AvgIpc) is 3.01. The number of benzene rings is 3. The first-order valence-electron chi connectivity index (χ1n) is 15.7. The second-order valence-electron chi connectivity index (χ2n) is 12.4. The fraction of sp³-hybridized carbons (Fsp3) is 0.417. The van der Waals surface area contributed by atoms with Crippen LogP contribution in [0.3, 0.4) is 0 Å². The largest absolute Gasteiger partial charge is 0.381 e. The number of aryl methyl sites for hydroxylation is 2. The van der Waals surface area contributed by atoms with Crippen molar-refractivity contribution >= 4 is 16.5 Å². The predicted molar refractivity (Wildman–Crippen MR) is 171 cm³/mol. The third-order valence-corrected chi connectivity index (χ3v) is 9.54. The molecule has 0 saturated carbocycles. The van der Waals surface area contributed by atoms with E-state index < -0.39 is 11.6 Å². The lowest BCUT2D eigenvalue weighted by Gasteiger charge is -2.41. The fourth-order valence-electron chi connectivity index (χ4n) is 7.13. The summed E-state index contributed by atoms with van der Waals surface area (Å²) in [5.74, 6) is -1.34. The lowest BCUT2D eigenvalue weighted by atomic mass is 9.98. The molecular weight excluding hydrogens is 560 g/mol. The number of rotatable bonds is 8. The monoisotopic (exact) mass is 602 g/mol. The molecule has 0 unspecified atom stereocenters. The summed E-state index contributed by atoms with van der Waals surface area (Å²) >= 11 is 0. The SMILES string of the molecule is CCN(c1cc(-c2ccc(C[N+]3(Cc4c(=O)[nH]c(C)c5c(F)cc(F)cc45)CCOCC3)cc2)ccc1C)C1CCOCC1. The molecule has 0 radical (unpaired) electrons. The van der Waals surface area contributed by atoms with Gasteiger partial charge in [0.05, 0.1) is 18.8 Å². The van der Waals surface area contributed by atoms with Gasteiger partial charge in [-0.2, -0.15) is 0 Å². The zero-order valence-electron chi connectivity index (χ0n) is 25.9. The van der Waals surface area contributed by atoms with Gasteiger partial charge in [0, 0.05) is 59.6 Å². The Labute approximate surface area is 257 Å². The highest BCUT2D eigenvalue weighted by molar-refractivity contribution is 5.87. The number of anilines is 1. The first kappa shape index (κ1) is 30.4. The highest BCUT2D eigenvalue weighted by Crippen LogP contribution is 2.32. The van der Waals surface area contributed by atoms with Crippen LogP contribution in [0, 0.1) is 25.5 Å². The smallest absolute Gasteiger partial charge is 0.257 e. The number of fused-ring (bicyclic) bond motifs is 1. The highest BCUT2D eigenvalue weighted by atomic mass is 19.1. The summed E-state index contributed by atoms with van der Waals surface area (Å²) < 4.78 is 41.1. The molecule has 232 valence electrons. The van der Waals surface area contributed by atoms with E-state index in [4.69, 9.17) is 9.47 Å². The van der Waals surface area contributed by atoms with Crippen molar-refractivity contribution in [2.24, 2.45) is 0 Å². The van der Waals surface area contributed by atoms with Crippen LogP contribution in [0.15, 0.2) is 59.4 Å². The molecule has 0 amide bonds. The van der Waals surface area contributed by atoms with Gasteiger partial charge in [0.2, 0.25) is 0 Å². The van der Waals surface area contributed by atoms with Crippen LogP contribution in [0.1, 0.15) is 42.1 Å². The van der Waals surface area contributed by atoms with E-state index in [1.165, 1.54) is 22.9 Å². The van der Waals surface area contributed by atoms with E-state index in [9.17, 15) is 13.6 Å². The summed E-state index contributed by atoms with van der Waals surface area (Å²) in [5.41, 5.74) is 6.56. The molecule has 3 aromatic carbocycles. The van der Waals surface area contributed by atoms with Crippen LogP contribution in [0.5, 0.6) is 0 Å². The number of hydrogen-bond acceptors (Lipinski definition) is 4. The Kier molecular flexibility index (Phi) is 8.85. The van der Waals surface area contributed by atoms with Crippen LogP contribution >= 0.6 is 0 Å². The number of ether oxygens (including phenoxy) is 2. The Balaban J connectivity index is 1.28. The van der Waals surface area contributed by atoms with Gasteiger partial charge in [-0.1, -0.05) is 36.4 Å². The van der Waals surface area contributed by atoms with Crippen molar-refractivity contribution in [1.82, 2.24) is 4.98 Å². The molecule has 1 N–H and O–H groups in total. The number of aromatic amines is 1. The number of H-pyrrole nitrogens is 1. The molecule has 2 fully saturated rings. The number of morpholine rings is 1. The lowest BCUT2D eigenvalue weighted by molar-refractivity contribution is -0.960. The number of halogens is 2. The molecule has 2 saturated heterocycles. The summed E-state index contributed by atoms with van der Waals surface area (Å²) in [4.78, 5) is 18.6. The van der Waals surface area contributed by atoms with E-state index >= 15 is 0 Å². The maximum Gasteiger partial charge on any atom is 0.257 e. The zero-order valence-corrected chi connectivity index (χ0v) is 25.9. The maximum absolute atomic E-state index is 14.8. The van der Waals surface area contributed by atoms with Gasteiger partial charge in [-0.3, -0.25) is 4.79 Å². The minimum absolute atomic E-state index is 0.271. The quantitative estimate of drug-likeness (QED) is 0.230. The van der Waals surface area contributed by atoms with Crippen LogP contribution in [0.25, 0.3) is 21.9 Å². The van der Waals surface area contributed by atoms with Crippen molar-refractivity contribution in [3.8, 4) is 11.1 Å². The van der Waals surface area contributed by atoms with Crippen LogP contribution in [-0.4, -0.2) is 61.6 Å². The Morgan fingerprint density at radius 2 is 1.57 bits per heavy atom. The minimum atomic E-state index is -0.681. The number of quaternary nitrogens is 1. The second kappa shape index (κ2) is 12.8. The molecule has 4 aromatic rings. The number of hydrogen-bond donors (Lipinski definition) is 1. The molecule has 8 heteroatoms. The molecule has 6 nitrogen and oxygen atoms in total. The molecule has 6 rings (SSSR count). The van der Waals surface area contributed by atoms with Gasteiger partial charge >= 0.3 is 0 Å². The third-order valence-electron chi connectivity index (χ3n) is 9.54. The molecule has 44 heavy (non-hydrogen) atoms. The van der Waals surface area contributed by atoms with E-state index in [1.807, 2.05) is 0 Å². The van der Waals surface area contributed by atoms with E-state index in [1.54, 1.807) is 6.92 Å². The van der Waals surface area contributed by atoms with Crippen molar-refractivity contribution in [3.63, 3.8) is 0 Å². The van der Waals surface area contributed by atoms with Gasteiger partial charge in [-0.15, -0.1) is 0 Å². The third kappa shape index (κ3) is 6.16. The van der Waals surface area contributed by atoms with E-state index in [2.05, 4.69) is 66.2 Å². The van der Waals surface area contributed by atoms with Crippen molar-refractivity contribution in [3.05, 3.63) is 99.0 Å². The van der Waals surface area contributed by atoms with E-state index in [0.29, 0.717) is 66.6 Å². The average molecular weight is 603 g/mol. The molecule has 0 spiro atoms. The lowest BCUT2D eigenvalue weighted by Crippen LogP contribution is -2.54. The highest BCUT2D eigenvalue weighted by Gasteiger charge is 2.33. The van der Waals surface area contributed by atoms with Gasteiger partial charge in [0.1, 0.15) is 37.8 Å². The van der Waals surface area contributed by atoms with Crippen molar-refractivity contribution in [2.45, 2.75) is 52.7 Å². The fourth-order valence-corrected chi connectivity index (χ4v) is 7.13. The Hall–Kier alpha value is -3.59. The van der Waals surface area contributed by atoms with Crippen molar-refractivity contribution in [2.75, 3.05) is 51.0 Å². The molecule has 3 heterocycles. The summed E-state index contributed by atoms with van der Waals surface area (Å²) in [7, 11) is 0. The molecule has 2 aliphatic rings. The summed E-state index contributed by atoms with van der Waals surface area (Å²) in [5, 5.41) is 0.618. The van der Waals surface area contributed by atoms with Gasteiger partial charge in [-0.25, -0.2) is 8.78 Å². The van der Waals surface area contributed by atoms with Gasteiger partial charge < -0.3 is 23.8 Å². The Morgan fingerprint density at radius 1 is 0.886 bits per heavy atom. The van der Waals surface area contributed by atoms with Crippen LogP contribution in [0.2, 0.25) is 0 Å². The molecule has 0 atom stereocenters. The minimum Gasteiger partial charge on any atom is -0.381 e. The number of nitrogens with zero attached hydrogens (tertiary/aromatic N) is 2.